The van der Waals surface area contributed by atoms with Gasteiger partial charge in [-0.15, -0.1) is 0 Å². The lowest BCUT2D eigenvalue weighted by atomic mass is 10.4. The molecule has 0 radical (unpaired) electrons. The first-order valence-electron chi connectivity index (χ1n) is 4.14. The highest BCUT2D eigenvalue weighted by Crippen LogP contribution is 2.32. The van der Waals surface area contributed by atoms with E-state index in [-0.39, 0.29) is 0 Å². The van der Waals surface area contributed by atoms with Crippen LogP contribution in [0.15, 0.2) is 22.8 Å². The van der Waals surface area contributed by atoms with E-state index >= 15 is 0 Å². The van der Waals surface area contributed by atoms with Gasteiger partial charge in [-0.05, 0) is 40.4 Å². The van der Waals surface area contributed by atoms with E-state index in [0.29, 0.717) is 6.04 Å². The Morgan fingerprint density at radius 3 is 2.83 bits per heavy atom. The molecule has 2 rings (SSSR count). The quantitative estimate of drug-likeness (QED) is 0.840. The maximum atomic E-state index is 4.23. The van der Waals surface area contributed by atoms with Crippen LogP contribution in [0.3, 0.4) is 0 Å². The highest BCUT2D eigenvalue weighted by molar-refractivity contribution is 9.10. The number of anilines is 1. The molecule has 1 aliphatic carbocycles. The molecular weight excluding hydrogens is 216 g/mol. The Morgan fingerprint density at radius 2 is 2.33 bits per heavy atom. The van der Waals surface area contributed by atoms with E-state index in [2.05, 4.69) is 33.2 Å². The van der Waals surface area contributed by atoms with Crippen molar-refractivity contribution in [2.75, 3.05) is 5.32 Å². The molecule has 1 aromatic rings. The standard InChI is InChI=1S/C9H11BrN2/c1-6-4-8(6)12-9-3-2-7(10)5-11-9/h2-3,5-6,8H,4H2,1H3,(H,11,12). The van der Waals surface area contributed by atoms with Crippen molar-refractivity contribution in [2.45, 2.75) is 19.4 Å². The lowest BCUT2D eigenvalue weighted by Crippen LogP contribution is -2.04. The zero-order chi connectivity index (χ0) is 8.55. The molecule has 0 aliphatic heterocycles. The summed E-state index contributed by atoms with van der Waals surface area (Å²) in [5.74, 6) is 1.79. The molecule has 64 valence electrons. The first-order chi connectivity index (χ1) is 5.75. The third kappa shape index (κ3) is 1.78. The van der Waals surface area contributed by atoms with Crippen LogP contribution in [0.1, 0.15) is 13.3 Å². The van der Waals surface area contributed by atoms with Gasteiger partial charge in [0.1, 0.15) is 5.82 Å². The number of nitrogens with zero attached hydrogens (tertiary/aromatic N) is 1. The predicted octanol–water partition coefficient (Wildman–Crippen LogP) is 2.66. The molecule has 12 heavy (non-hydrogen) atoms. The van der Waals surface area contributed by atoms with Gasteiger partial charge < -0.3 is 5.32 Å². The number of rotatable bonds is 2. The second-order valence-electron chi connectivity index (χ2n) is 3.33. The van der Waals surface area contributed by atoms with Crippen molar-refractivity contribution in [3.05, 3.63) is 22.8 Å². The number of pyridine rings is 1. The van der Waals surface area contributed by atoms with Gasteiger partial charge in [0.25, 0.3) is 0 Å². The lowest BCUT2D eigenvalue weighted by Gasteiger charge is -2.02. The summed E-state index contributed by atoms with van der Waals surface area (Å²) in [6, 6.07) is 4.65. The second-order valence-corrected chi connectivity index (χ2v) is 4.24. The van der Waals surface area contributed by atoms with Gasteiger partial charge in [0.2, 0.25) is 0 Å². The Bertz CT molecular complexity index is 270. The molecule has 1 aliphatic rings. The van der Waals surface area contributed by atoms with E-state index in [1.165, 1.54) is 6.42 Å². The first-order valence-corrected chi connectivity index (χ1v) is 4.93. The molecule has 0 saturated heterocycles. The Kier molecular flexibility index (Phi) is 2.05. The SMILES string of the molecule is CC1CC1Nc1ccc(Br)cn1. The lowest BCUT2D eigenvalue weighted by molar-refractivity contribution is 0.923. The number of aromatic nitrogens is 1. The Labute approximate surface area is 80.5 Å². The average molecular weight is 227 g/mol. The molecule has 2 atom stereocenters. The predicted molar refractivity (Wildman–Crippen MR) is 53.1 cm³/mol. The van der Waals surface area contributed by atoms with Crippen LogP contribution in [-0.4, -0.2) is 11.0 Å². The van der Waals surface area contributed by atoms with Crippen LogP contribution in [-0.2, 0) is 0 Å². The molecule has 0 amide bonds. The summed E-state index contributed by atoms with van der Waals surface area (Å²) >= 11 is 3.35. The highest BCUT2D eigenvalue weighted by atomic mass is 79.9. The summed E-state index contributed by atoms with van der Waals surface area (Å²) in [7, 11) is 0. The van der Waals surface area contributed by atoms with Gasteiger partial charge in [-0.2, -0.15) is 0 Å². The van der Waals surface area contributed by atoms with Gasteiger partial charge in [-0.3, -0.25) is 0 Å². The monoisotopic (exact) mass is 226 g/mol. The maximum absolute atomic E-state index is 4.23. The zero-order valence-electron chi connectivity index (χ0n) is 6.92. The van der Waals surface area contributed by atoms with Crippen molar-refractivity contribution in [1.29, 1.82) is 0 Å². The summed E-state index contributed by atoms with van der Waals surface area (Å²) < 4.78 is 1.02. The Balaban J connectivity index is 2.00. The fourth-order valence-corrected chi connectivity index (χ4v) is 1.41. The number of hydrogen-bond acceptors (Lipinski definition) is 2. The minimum atomic E-state index is 0.652. The van der Waals surface area contributed by atoms with Gasteiger partial charge in [-0.25, -0.2) is 4.98 Å². The summed E-state index contributed by atoms with van der Waals surface area (Å²) in [4.78, 5) is 4.23. The summed E-state index contributed by atoms with van der Waals surface area (Å²) in [5, 5.41) is 3.36. The largest absolute Gasteiger partial charge is 0.367 e. The molecule has 1 N–H and O–H groups in total. The van der Waals surface area contributed by atoms with Crippen molar-refractivity contribution < 1.29 is 0 Å². The second kappa shape index (κ2) is 3.05. The van der Waals surface area contributed by atoms with Gasteiger partial charge in [0.15, 0.2) is 0 Å². The third-order valence-electron chi connectivity index (χ3n) is 2.17. The molecule has 0 spiro atoms. The maximum Gasteiger partial charge on any atom is 0.126 e. The average Bonchev–Trinajstić information content (AvgIpc) is 2.72. The summed E-state index contributed by atoms with van der Waals surface area (Å²) in [5.41, 5.74) is 0. The van der Waals surface area contributed by atoms with Crippen LogP contribution < -0.4 is 5.32 Å². The van der Waals surface area contributed by atoms with Crippen LogP contribution in [0.25, 0.3) is 0 Å². The highest BCUT2D eigenvalue weighted by Gasteiger charge is 2.32. The number of halogens is 1. The Hall–Kier alpha value is -0.570. The zero-order valence-corrected chi connectivity index (χ0v) is 8.51. The van der Waals surface area contributed by atoms with Gasteiger partial charge in [0, 0.05) is 16.7 Å². The van der Waals surface area contributed by atoms with Crippen molar-refractivity contribution in [3.63, 3.8) is 0 Å². The van der Waals surface area contributed by atoms with E-state index in [0.717, 1.165) is 16.2 Å². The molecular formula is C9H11BrN2. The normalized spacial score (nSPS) is 26.8. The summed E-state index contributed by atoms with van der Waals surface area (Å²) in [6.45, 7) is 2.25. The van der Waals surface area contributed by atoms with Crippen molar-refractivity contribution in [2.24, 2.45) is 5.92 Å². The molecule has 2 unspecified atom stereocenters. The topological polar surface area (TPSA) is 24.9 Å². The minimum Gasteiger partial charge on any atom is -0.367 e. The molecule has 0 aromatic carbocycles. The first kappa shape index (κ1) is 8.05. The van der Waals surface area contributed by atoms with Crippen molar-refractivity contribution >= 4 is 21.7 Å². The third-order valence-corrected chi connectivity index (χ3v) is 2.64. The van der Waals surface area contributed by atoms with Crippen molar-refractivity contribution in [3.8, 4) is 0 Å². The number of hydrogen-bond donors (Lipinski definition) is 1. The molecule has 1 fully saturated rings. The van der Waals surface area contributed by atoms with Crippen LogP contribution in [0.5, 0.6) is 0 Å². The Morgan fingerprint density at radius 1 is 1.58 bits per heavy atom. The van der Waals surface area contributed by atoms with E-state index < -0.39 is 0 Å². The van der Waals surface area contributed by atoms with Crippen LogP contribution in [0.4, 0.5) is 5.82 Å². The minimum absolute atomic E-state index is 0.652. The van der Waals surface area contributed by atoms with Crippen molar-refractivity contribution in [1.82, 2.24) is 4.98 Å². The van der Waals surface area contributed by atoms with E-state index in [9.17, 15) is 0 Å². The molecule has 2 nitrogen and oxygen atoms in total. The van der Waals surface area contributed by atoms with Crippen LogP contribution in [0.2, 0.25) is 0 Å². The number of nitrogens with one attached hydrogen (secondary N) is 1. The van der Waals surface area contributed by atoms with Crippen LogP contribution in [0, 0.1) is 5.92 Å². The summed E-state index contributed by atoms with van der Waals surface area (Å²) in [6.07, 6.45) is 3.09. The molecule has 1 aromatic heterocycles. The molecule has 1 heterocycles. The fourth-order valence-electron chi connectivity index (χ4n) is 1.17. The molecule has 3 heteroatoms. The fraction of sp³-hybridized carbons (Fsp3) is 0.444. The molecule has 1 saturated carbocycles. The van der Waals surface area contributed by atoms with Gasteiger partial charge in [-0.1, -0.05) is 6.92 Å². The van der Waals surface area contributed by atoms with E-state index in [4.69, 9.17) is 0 Å². The van der Waals surface area contributed by atoms with Gasteiger partial charge >= 0.3 is 0 Å². The molecule has 0 bridgehead atoms. The van der Waals surface area contributed by atoms with Crippen LogP contribution >= 0.6 is 15.9 Å². The van der Waals surface area contributed by atoms with E-state index in [1.807, 2.05) is 18.3 Å². The van der Waals surface area contributed by atoms with E-state index in [1.54, 1.807) is 0 Å². The van der Waals surface area contributed by atoms with Gasteiger partial charge in [0.05, 0.1) is 0 Å². The smallest absolute Gasteiger partial charge is 0.126 e.